The number of hydrogen-bond acceptors (Lipinski definition) is 1. The summed E-state index contributed by atoms with van der Waals surface area (Å²) in [6.07, 6.45) is 9.00. The first kappa shape index (κ1) is 5.86. The molecule has 1 radical (unpaired) electrons. The fourth-order valence-electron chi connectivity index (χ4n) is 0.526. The van der Waals surface area contributed by atoms with Crippen LogP contribution in [0.25, 0.3) is 0 Å². The van der Waals surface area contributed by atoms with E-state index in [1.807, 2.05) is 18.6 Å². The summed E-state index contributed by atoms with van der Waals surface area (Å²) >= 11 is 5.66. The molecule has 0 fully saturated rings. The summed E-state index contributed by atoms with van der Waals surface area (Å²) in [6, 6.07) is 0. The van der Waals surface area contributed by atoms with Crippen LogP contribution in [0.2, 0.25) is 0 Å². The van der Waals surface area contributed by atoms with Gasteiger partial charge < -0.3 is 5.73 Å². The van der Waals surface area contributed by atoms with Crippen molar-refractivity contribution in [2.24, 2.45) is 5.73 Å². The van der Waals surface area contributed by atoms with Crippen LogP contribution in [-0.4, -0.2) is 5.00 Å². The largest absolute Gasteiger partial charge is 0.306 e. The van der Waals surface area contributed by atoms with Crippen molar-refractivity contribution in [1.82, 2.24) is 0 Å². The highest BCUT2D eigenvalue weighted by molar-refractivity contribution is 6.26. The zero-order valence-electron chi connectivity index (χ0n) is 4.34. The Bertz CT molecular complexity index is 121. The van der Waals surface area contributed by atoms with Crippen LogP contribution in [0.4, 0.5) is 0 Å². The molecule has 0 aliphatic heterocycles. The van der Waals surface area contributed by atoms with E-state index < -0.39 is 5.00 Å². The number of halogens is 1. The molecule has 0 bridgehead atoms. The Morgan fingerprint density at radius 1 is 1.25 bits per heavy atom. The molecule has 0 aromatic heterocycles. The van der Waals surface area contributed by atoms with Gasteiger partial charge in [0.1, 0.15) is 5.00 Å². The third-order valence-electron chi connectivity index (χ3n) is 0.926. The molecule has 1 rings (SSSR count). The molecule has 43 valence electrons. The van der Waals surface area contributed by atoms with Crippen molar-refractivity contribution in [3.63, 3.8) is 0 Å². The van der Waals surface area contributed by atoms with Crippen LogP contribution in [0.15, 0.2) is 24.3 Å². The van der Waals surface area contributed by atoms with E-state index in [-0.39, 0.29) is 0 Å². The molecule has 1 aliphatic carbocycles. The van der Waals surface area contributed by atoms with Crippen LogP contribution < -0.4 is 5.73 Å². The van der Waals surface area contributed by atoms with Gasteiger partial charge in [0.15, 0.2) is 0 Å². The Labute approximate surface area is 53.8 Å². The summed E-state index contributed by atoms with van der Waals surface area (Å²) in [6.45, 7) is 0. The Balaban J connectivity index is 2.69. The summed E-state index contributed by atoms with van der Waals surface area (Å²) in [5.74, 6) is 0. The summed E-state index contributed by atoms with van der Waals surface area (Å²) in [5.41, 5.74) is 5.45. The normalized spacial score (nSPS) is 23.8. The summed E-state index contributed by atoms with van der Waals surface area (Å²) < 4.78 is 0. The molecule has 0 aromatic carbocycles. The van der Waals surface area contributed by atoms with E-state index in [2.05, 4.69) is 0 Å². The van der Waals surface area contributed by atoms with Crippen molar-refractivity contribution < 1.29 is 0 Å². The molecule has 0 aromatic rings. The highest BCUT2D eigenvalue weighted by Crippen LogP contribution is 2.14. The van der Waals surface area contributed by atoms with Crippen molar-refractivity contribution in [1.29, 1.82) is 0 Å². The van der Waals surface area contributed by atoms with Gasteiger partial charge in [-0.15, -0.1) is 0 Å². The molecule has 0 amide bonds. The molecule has 2 heteroatoms. The maximum Gasteiger partial charge on any atom is 0.128 e. The third kappa shape index (κ3) is 1.35. The van der Waals surface area contributed by atoms with Crippen LogP contribution in [0.5, 0.6) is 0 Å². The molecular weight excluding hydrogens is 122 g/mol. The minimum absolute atomic E-state index is 0.741. The van der Waals surface area contributed by atoms with E-state index >= 15 is 0 Å². The molecular formula is C6H7ClN. The van der Waals surface area contributed by atoms with Gasteiger partial charge in [0, 0.05) is 6.42 Å². The SMILES string of the molecule is NC1(Cl)C=C[CH]C=C1. The summed E-state index contributed by atoms with van der Waals surface area (Å²) in [5, 5.41) is 0. The number of hydrogen-bond donors (Lipinski definition) is 1. The Morgan fingerprint density at radius 3 is 2.00 bits per heavy atom. The lowest BCUT2D eigenvalue weighted by Crippen LogP contribution is -2.28. The first-order valence-electron chi connectivity index (χ1n) is 2.39. The van der Waals surface area contributed by atoms with E-state index in [4.69, 9.17) is 17.3 Å². The molecule has 0 unspecified atom stereocenters. The minimum Gasteiger partial charge on any atom is -0.306 e. The maximum atomic E-state index is 5.66. The summed E-state index contributed by atoms with van der Waals surface area (Å²) in [7, 11) is 0. The van der Waals surface area contributed by atoms with Crippen LogP contribution >= 0.6 is 11.6 Å². The highest BCUT2D eigenvalue weighted by Gasteiger charge is 2.12. The van der Waals surface area contributed by atoms with E-state index in [1.54, 1.807) is 12.2 Å². The standard InChI is InChI=1S/C6H7ClN/c7-6(8)4-2-1-3-5-6/h1-5H,8H2. The van der Waals surface area contributed by atoms with Gasteiger partial charge in [0.25, 0.3) is 0 Å². The van der Waals surface area contributed by atoms with Crippen LogP contribution in [0.3, 0.4) is 0 Å². The second kappa shape index (κ2) is 1.92. The van der Waals surface area contributed by atoms with Gasteiger partial charge in [-0.05, 0) is 12.2 Å². The molecule has 2 N–H and O–H groups in total. The average Bonchev–Trinajstić information content (AvgIpc) is 1.65. The van der Waals surface area contributed by atoms with Gasteiger partial charge in [-0.25, -0.2) is 0 Å². The van der Waals surface area contributed by atoms with Crippen LogP contribution in [0.1, 0.15) is 0 Å². The van der Waals surface area contributed by atoms with E-state index in [9.17, 15) is 0 Å². The molecule has 0 spiro atoms. The first-order chi connectivity index (χ1) is 3.71. The maximum absolute atomic E-state index is 5.66. The number of nitrogens with two attached hydrogens (primary N) is 1. The Hall–Kier alpha value is -0.270. The monoisotopic (exact) mass is 128 g/mol. The van der Waals surface area contributed by atoms with Gasteiger partial charge in [0.05, 0.1) is 0 Å². The fourth-order valence-corrected chi connectivity index (χ4v) is 0.671. The lowest BCUT2D eigenvalue weighted by molar-refractivity contribution is 0.919. The number of allylic oxidation sites excluding steroid dienone is 2. The number of alkyl halides is 1. The van der Waals surface area contributed by atoms with Crippen molar-refractivity contribution in [3.05, 3.63) is 30.7 Å². The zero-order chi connectivity index (χ0) is 6.04. The smallest absolute Gasteiger partial charge is 0.128 e. The second-order valence-electron chi connectivity index (χ2n) is 1.74. The molecule has 1 nitrogen and oxygen atoms in total. The van der Waals surface area contributed by atoms with E-state index in [0.717, 1.165) is 0 Å². The lowest BCUT2D eigenvalue weighted by Gasteiger charge is -2.13. The van der Waals surface area contributed by atoms with Gasteiger partial charge in [-0.1, -0.05) is 23.8 Å². The molecule has 0 saturated carbocycles. The van der Waals surface area contributed by atoms with Crippen LogP contribution in [-0.2, 0) is 0 Å². The molecule has 8 heavy (non-hydrogen) atoms. The zero-order valence-corrected chi connectivity index (χ0v) is 5.10. The van der Waals surface area contributed by atoms with Crippen molar-refractivity contribution in [2.75, 3.05) is 0 Å². The second-order valence-corrected chi connectivity index (χ2v) is 2.39. The molecule has 0 atom stereocenters. The Kier molecular flexibility index (Phi) is 1.41. The predicted octanol–water partition coefficient (Wildman–Crippen LogP) is 1.21. The van der Waals surface area contributed by atoms with Gasteiger partial charge in [-0.2, -0.15) is 0 Å². The molecule has 1 aliphatic rings. The first-order valence-corrected chi connectivity index (χ1v) is 2.77. The van der Waals surface area contributed by atoms with E-state index in [0.29, 0.717) is 0 Å². The molecule has 0 heterocycles. The lowest BCUT2D eigenvalue weighted by atomic mass is 10.1. The molecule has 0 saturated heterocycles. The average molecular weight is 129 g/mol. The van der Waals surface area contributed by atoms with Crippen LogP contribution in [0, 0.1) is 6.42 Å². The Morgan fingerprint density at radius 2 is 1.75 bits per heavy atom. The van der Waals surface area contributed by atoms with Crippen molar-refractivity contribution >= 4 is 11.6 Å². The minimum atomic E-state index is -0.741. The fraction of sp³-hybridized carbons (Fsp3) is 0.167. The third-order valence-corrected chi connectivity index (χ3v) is 1.18. The quantitative estimate of drug-likeness (QED) is 0.385. The number of rotatable bonds is 0. The van der Waals surface area contributed by atoms with Crippen molar-refractivity contribution in [3.8, 4) is 0 Å². The highest BCUT2D eigenvalue weighted by atomic mass is 35.5. The van der Waals surface area contributed by atoms with E-state index in [1.165, 1.54) is 0 Å². The van der Waals surface area contributed by atoms with Gasteiger partial charge in [0.2, 0.25) is 0 Å². The topological polar surface area (TPSA) is 26.0 Å². The van der Waals surface area contributed by atoms with Gasteiger partial charge in [-0.3, -0.25) is 0 Å². The van der Waals surface area contributed by atoms with Crippen molar-refractivity contribution in [2.45, 2.75) is 5.00 Å². The predicted molar refractivity (Wildman–Crippen MR) is 35.4 cm³/mol. The summed E-state index contributed by atoms with van der Waals surface area (Å²) in [4.78, 5) is -0.741. The van der Waals surface area contributed by atoms with Gasteiger partial charge >= 0.3 is 0 Å².